The molecule has 0 amide bonds. The van der Waals surface area contributed by atoms with Crippen LogP contribution in [-0.2, 0) is 23.7 Å². The van der Waals surface area contributed by atoms with Crippen molar-refractivity contribution in [2.24, 2.45) is 11.3 Å². The highest BCUT2D eigenvalue weighted by atomic mass is 16.7. The summed E-state index contributed by atoms with van der Waals surface area (Å²) in [6.45, 7) is 3.55. The Morgan fingerprint density at radius 2 is 1.74 bits per heavy atom. The van der Waals surface area contributed by atoms with Gasteiger partial charge in [0.2, 0.25) is 0 Å². The molecule has 35 heavy (non-hydrogen) atoms. The summed E-state index contributed by atoms with van der Waals surface area (Å²) in [5.74, 6) is -2.25. The number of esters is 2. The largest absolute Gasteiger partial charge is 0.461 e. The van der Waals surface area contributed by atoms with Crippen molar-refractivity contribution in [3.05, 3.63) is 35.9 Å². The zero-order valence-corrected chi connectivity index (χ0v) is 19.7. The second-order valence-corrected chi connectivity index (χ2v) is 9.94. The van der Waals surface area contributed by atoms with Gasteiger partial charge in [-0.15, -0.1) is 0 Å². The van der Waals surface area contributed by atoms with Gasteiger partial charge in [0, 0.05) is 12.3 Å². The molecule has 3 aliphatic rings. The Kier molecular flexibility index (Phi) is 6.73. The molecular formula is C24H32O11. The van der Waals surface area contributed by atoms with Crippen LogP contribution in [0.1, 0.15) is 37.6 Å². The smallest absolute Gasteiger partial charge is 0.338 e. The number of aliphatic hydroxyl groups is 5. The molecule has 4 rings (SSSR count). The zero-order valence-electron chi connectivity index (χ0n) is 19.7. The van der Waals surface area contributed by atoms with Crippen LogP contribution >= 0.6 is 0 Å². The fourth-order valence-electron chi connectivity index (χ4n) is 5.61. The van der Waals surface area contributed by atoms with Crippen LogP contribution in [0.5, 0.6) is 0 Å². The molecule has 0 radical (unpaired) electrons. The summed E-state index contributed by atoms with van der Waals surface area (Å²) in [4.78, 5) is 26.1. The van der Waals surface area contributed by atoms with E-state index in [2.05, 4.69) is 0 Å². The lowest BCUT2D eigenvalue weighted by Gasteiger charge is -2.55. The molecule has 11 heteroatoms. The van der Waals surface area contributed by atoms with Crippen LogP contribution in [0.15, 0.2) is 30.3 Å². The minimum atomic E-state index is -1.73. The van der Waals surface area contributed by atoms with E-state index in [9.17, 15) is 35.1 Å². The predicted molar refractivity (Wildman–Crippen MR) is 117 cm³/mol. The third-order valence-electron chi connectivity index (χ3n) is 8.14. The van der Waals surface area contributed by atoms with Gasteiger partial charge >= 0.3 is 11.9 Å². The summed E-state index contributed by atoms with van der Waals surface area (Å²) in [7, 11) is 0. The molecule has 5 N–H and O–H groups in total. The van der Waals surface area contributed by atoms with Crippen molar-refractivity contribution in [3.8, 4) is 0 Å². The monoisotopic (exact) mass is 496 g/mol. The van der Waals surface area contributed by atoms with Gasteiger partial charge in [-0.3, -0.25) is 4.79 Å². The van der Waals surface area contributed by atoms with Crippen LogP contribution in [-0.4, -0.2) is 98.7 Å². The minimum absolute atomic E-state index is 0.0117. The van der Waals surface area contributed by atoms with Crippen molar-refractivity contribution in [1.82, 2.24) is 0 Å². The van der Waals surface area contributed by atoms with Gasteiger partial charge < -0.3 is 44.5 Å². The maximum Gasteiger partial charge on any atom is 0.338 e. The molecule has 6 unspecified atom stereocenters. The number of rotatable bonds is 6. The number of aliphatic hydroxyl groups excluding tert-OH is 5. The molecule has 2 bridgehead atoms. The molecule has 2 aliphatic heterocycles. The van der Waals surface area contributed by atoms with Crippen molar-refractivity contribution in [2.75, 3.05) is 13.2 Å². The summed E-state index contributed by atoms with van der Waals surface area (Å²) in [6.07, 6.45) is -8.85. The minimum Gasteiger partial charge on any atom is -0.461 e. The Balaban J connectivity index is 1.70. The number of carbonyl (C=O) groups excluding carboxylic acids is 2. The van der Waals surface area contributed by atoms with E-state index < -0.39 is 84.5 Å². The maximum atomic E-state index is 13.4. The van der Waals surface area contributed by atoms with Crippen LogP contribution in [0.3, 0.4) is 0 Å². The number of hydrogen-bond acceptors (Lipinski definition) is 11. The van der Waals surface area contributed by atoms with E-state index in [0.717, 1.165) is 0 Å². The number of ether oxygens (including phenoxy) is 4. The average molecular weight is 497 g/mol. The van der Waals surface area contributed by atoms with Gasteiger partial charge in [0.25, 0.3) is 0 Å². The van der Waals surface area contributed by atoms with Crippen LogP contribution in [0.2, 0.25) is 0 Å². The summed E-state index contributed by atoms with van der Waals surface area (Å²) < 4.78 is 23.0. The van der Waals surface area contributed by atoms with Gasteiger partial charge in [-0.25, -0.2) is 4.79 Å². The van der Waals surface area contributed by atoms with Gasteiger partial charge in [0.15, 0.2) is 6.29 Å². The first kappa shape index (κ1) is 26.0. The van der Waals surface area contributed by atoms with Gasteiger partial charge in [0.1, 0.15) is 47.6 Å². The number of benzene rings is 1. The van der Waals surface area contributed by atoms with Crippen LogP contribution < -0.4 is 0 Å². The third kappa shape index (κ3) is 3.77. The summed E-state index contributed by atoms with van der Waals surface area (Å²) in [5.41, 5.74) is -4.49. The lowest BCUT2D eigenvalue weighted by molar-refractivity contribution is -0.357. The Morgan fingerprint density at radius 1 is 1.09 bits per heavy atom. The highest BCUT2D eigenvalue weighted by Crippen LogP contribution is 2.62. The van der Waals surface area contributed by atoms with Crippen LogP contribution in [0, 0.1) is 11.3 Å². The zero-order chi connectivity index (χ0) is 25.8. The van der Waals surface area contributed by atoms with E-state index >= 15 is 0 Å². The summed E-state index contributed by atoms with van der Waals surface area (Å²) in [6, 6.07) is 8.17. The molecule has 1 aromatic rings. The first-order valence-electron chi connectivity index (χ1n) is 11.5. The molecular weight excluding hydrogens is 464 g/mol. The van der Waals surface area contributed by atoms with Crippen molar-refractivity contribution >= 4 is 11.9 Å². The van der Waals surface area contributed by atoms with E-state index in [-0.39, 0.29) is 12.0 Å². The molecule has 2 saturated heterocycles. The SMILES string of the molecule is CC1[C@H](O)C[C@]2(C)OC(=O)[C@@]1(COC(=O)c1ccccc1)[C@@]2(C)OC1OC(CO)C(O)C(O)C1O. The van der Waals surface area contributed by atoms with E-state index in [1.807, 2.05) is 0 Å². The number of carbonyl (C=O) groups is 2. The van der Waals surface area contributed by atoms with Crippen LogP contribution in [0.4, 0.5) is 0 Å². The van der Waals surface area contributed by atoms with Crippen molar-refractivity contribution in [2.45, 2.75) is 75.2 Å². The van der Waals surface area contributed by atoms with E-state index in [1.165, 1.54) is 6.92 Å². The standard InChI is InChI=1S/C24H32O11/c1-12-14(26)9-22(2)23(3,34-20-18(29)17(28)16(27)15(10-25)33-20)24(12,21(31)35-22)11-32-19(30)13-7-5-4-6-8-13/h4-8,12,14-18,20,25-29H,9-11H2,1-3H3/t12?,14-,15?,16?,17?,18?,20?,22+,23+,24+/m1/s1. The fourth-order valence-corrected chi connectivity index (χ4v) is 5.61. The Morgan fingerprint density at radius 3 is 2.37 bits per heavy atom. The van der Waals surface area contributed by atoms with Gasteiger partial charge in [-0.05, 0) is 26.0 Å². The molecule has 11 nitrogen and oxygen atoms in total. The van der Waals surface area contributed by atoms with Gasteiger partial charge in [-0.1, -0.05) is 25.1 Å². The summed E-state index contributed by atoms with van der Waals surface area (Å²) >= 11 is 0. The molecule has 1 aromatic carbocycles. The quantitative estimate of drug-likeness (QED) is 0.310. The maximum absolute atomic E-state index is 13.4. The normalized spacial score (nSPS) is 45.1. The molecule has 1 saturated carbocycles. The summed E-state index contributed by atoms with van der Waals surface area (Å²) in [5, 5.41) is 51.3. The van der Waals surface area contributed by atoms with Gasteiger partial charge in [-0.2, -0.15) is 0 Å². The van der Waals surface area contributed by atoms with Crippen LogP contribution in [0.25, 0.3) is 0 Å². The Hall–Kier alpha value is -2.12. The first-order chi connectivity index (χ1) is 16.4. The molecule has 10 atom stereocenters. The molecule has 0 aromatic heterocycles. The van der Waals surface area contributed by atoms with E-state index in [1.54, 1.807) is 44.2 Å². The first-order valence-corrected chi connectivity index (χ1v) is 11.5. The average Bonchev–Trinajstić information content (AvgIpc) is 2.94. The van der Waals surface area contributed by atoms with E-state index in [4.69, 9.17) is 18.9 Å². The number of hydrogen-bond donors (Lipinski definition) is 5. The molecule has 194 valence electrons. The van der Waals surface area contributed by atoms with E-state index in [0.29, 0.717) is 0 Å². The Labute approximate surface area is 202 Å². The second-order valence-electron chi connectivity index (χ2n) is 9.94. The predicted octanol–water partition coefficient (Wildman–Crippen LogP) is -0.879. The molecule has 0 spiro atoms. The lowest BCUT2D eigenvalue weighted by Crippen LogP contribution is -2.71. The highest BCUT2D eigenvalue weighted by Gasteiger charge is 2.79. The lowest BCUT2D eigenvalue weighted by atomic mass is 9.54. The molecule has 1 aliphatic carbocycles. The second kappa shape index (κ2) is 9.07. The van der Waals surface area contributed by atoms with Gasteiger partial charge in [0.05, 0.1) is 18.3 Å². The Bertz CT molecular complexity index is 954. The molecule has 3 fully saturated rings. The van der Waals surface area contributed by atoms with Crippen molar-refractivity contribution < 1.29 is 54.1 Å². The van der Waals surface area contributed by atoms with Crippen molar-refractivity contribution in [1.29, 1.82) is 0 Å². The van der Waals surface area contributed by atoms with Crippen molar-refractivity contribution in [3.63, 3.8) is 0 Å². The molecule has 2 heterocycles. The topological polar surface area (TPSA) is 172 Å². The fraction of sp³-hybridized carbons (Fsp3) is 0.667. The third-order valence-corrected chi connectivity index (χ3v) is 8.14. The highest BCUT2D eigenvalue weighted by molar-refractivity contribution is 5.90. The number of fused-ring (bicyclic) bond motifs is 2.